The molecule has 2 rings (SSSR count). The van der Waals surface area contributed by atoms with Crippen molar-refractivity contribution >= 4 is 34.1 Å². The van der Waals surface area contributed by atoms with E-state index in [4.69, 9.17) is 5.73 Å². The van der Waals surface area contributed by atoms with E-state index in [1.165, 1.54) is 23.3 Å². The number of hydrogen-bond donors (Lipinski definition) is 3. The summed E-state index contributed by atoms with van der Waals surface area (Å²) >= 11 is 1.23. The first-order valence-corrected chi connectivity index (χ1v) is 6.81. The second-order valence-electron chi connectivity index (χ2n) is 4.49. The van der Waals surface area contributed by atoms with Gasteiger partial charge in [0, 0.05) is 20.1 Å². The number of nitrogen functional groups attached to an aromatic ring is 1. The van der Waals surface area contributed by atoms with Crippen LogP contribution in [0, 0.1) is 0 Å². The van der Waals surface area contributed by atoms with Crippen LogP contribution in [0.25, 0.3) is 0 Å². The van der Waals surface area contributed by atoms with Crippen molar-refractivity contribution in [2.24, 2.45) is 0 Å². The van der Waals surface area contributed by atoms with Crippen LogP contribution < -0.4 is 16.4 Å². The van der Waals surface area contributed by atoms with Gasteiger partial charge in [-0.05, 0) is 12.8 Å². The number of nitrogens with two attached hydrogens (primary N) is 1. The van der Waals surface area contributed by atoms with Crippen molar-refractivity contribution in [2.45, 2.75) is 18.9 Å². The highest BCUT2D eigenvalue weighted by molar-refractivity contribution is 7.18. The second-order valence-corrected chi connectivity index (χ2v) is 5.49. The van der Waals surface area contributed by atoms with Crippen LogP contribution in [0.3, 0.4) is 0 Å². The Kier molecular flexibility index (Phi) is 3.89. The van der Waals surface area contributed by atoms with Gasteiger partial charge in [-0.1, -0.05) is 11.3 Å². The zero-order chi connectivity index (χ0) is 14.0. The molecule has 0 aliphatic heterocycles. The summed E-state index contributed by atoms with van der Waals surface area (Å²) in [5.74, 6) is -0.306. The molecular formula is C11H17N5O2S. The number of nitrogens with one attached hydrogen (secondary N) is 2. The Balaban J connectivity index is 2.04. The standard InChI is InChI=1S/C11H17N5O2S/c1-13-7(17)5-16(2)10(18)8-9(12)15-11(19-8)14-6-3-4-6/h6H,3-5,12H2,1-2H3,(H,13,17)(H,14,15). The molecule has 0 bridgehead atoms. The fourth-order valence-electron chi connectivity index (χ4n) is 1.49. The van der Waals surface area contributed by atoms with E-state index in [1.54, 1.807) is 7.05 Å². The maximum Gasteiger partial charge on any atom is 0.268 e. The Morgan fingerprint density at radius 2 is 2.21 bits per heavy atom. The number of rotatable bonds is 5. The number of hydrogen-bond acceptors (Lipinski definition) is 6. The molecule has 1 aromatic rings. The number of likely N-dealkylation sites (N-methyl/N-ethyl adjacent to an activating group) is 2. The molecular weight excluding hydrogens is 266 g/mol. The molecule has 0 unspecified atom stereocenters. The van der Waals surface area contributed by atoms with E-state index in [1.807, 2.05) is 0 Å². The van der Waals surface area contributed by atoms with Gasteiger partial charge in [0.15, 0.2) is 5.13 Å². The molecule has 1 fully saturated rings. The quantitative estimate of drug-likeness (QED) is 0.712. The van der Waals surface area contributed by atoms with E-state index >= 15 is 0 Å². The lowest BCUT2D eigenvalue weighted by Gasteiger charge is -2.14. The van der Waals surface area contributed by atoms with Gasteiger partial charge >= 0.3 is 0 Å². The smallest absolute Gasteiger partial charge is 0.268 e. The molecule has 7 nitrogen and oxygen atoms in total. The average Bonchev–Trinajstić information content (AvgIpc) is 3.10. The molecule has 1 aliphatic carbocycles. The molecule has 0 aromatic carbocycles. The molecule has 104 valence electrons. The van der Waals surface area contributed by atoms with Crippen molar-refractivity contribution in [1.29, 1.82) is 0 Å². The summed E-state index contributed by atoms with van der Waals surface area (Å²) in [5, 5.41) is 6.33. The minimum atomic E-state index is -0.289. The van der Waals surface area contributed by atoms with E-state index in [0.29, 0.717) is 16.1 Å². The van der Waals surface area contributed by atoms with Crippen LogP contribution >= 0.6 is 11.3 Å². The van der Waals surface area contributed by atoms with Crippen LogP contribution in [0.15, 0.2) is 0 Å². The van der Waals surface area contributed by atoms with E-state index < -0.39 is 0 Å². The first kappa shape index (κ1) is 13.6. The van der Waals surface area contributed by atoms with Crippen molar-refractivity contribution in [2.75, 3.05) is 31.7 Å². The van der Waals surface area contributed by atoms with Crippen molar-refractivity contribution in [3.05, 3.63) is 4.88 Å². The van der Waals surface area contributed by atoms with E-state index in [2.05, 4.69) is 15.6 Å². The molecule has 0 spiro atoms. The van der Waals surface area contributed by atoms with Crippen molar-refractivity contribution < 1.29 is 9.59 Å². The van der Waals surface area contributed by atoms with Crippen LogP contribution in [-0.4, -0.2) is 48.4 Å². The van der Waals surface area contributed by atoms with Gasteiger partial charge in [-0.15, -0.1) is 0 Å². The van der Waals surface area contributed by atoms with Crippen LogP contribution in [0.1, 0.15) is 22.5 Å². The van der Waals surface area contributed by atoms with Crippen molar-refractivity contribution in [3.8, 4) is 0 Å². The van der Waals surface area contributed by atoms with Crippen LogP contribution in [0.2, 0.25) is 0 Å². The highest BCUT2D eigenvalue weighted by Gasteiger charge is 2.25. The highest BCUT2D eigenvalue weighted by Crippen LogP contribution is 2.31. The molecule has 4 N–H and O–H groups in total. The largest absolute Gasteiger partial charge is 0.382 e. The third-order valence-electron chi connectivity index (χ3n) is 2.76. The maximum atomic E-state index is 12.1. The number of aromatic nitrogens is 1. The van der Waals surface area contributed by atoms with Gasteiger partial charge in [0.25, 0.3) is 5.91 Å². The van der Waals surface area contributed by atoms with Gasteiger partial charge in [0.05, 0.1) is 6.54 Å². The third-order valence-corrected chi connectivity index (χ3v) is 3.75. The lowest BCUT2D eigenvalue weighted by Crippen LogP contribution is -2.36. The van der Waals surface area contributed by atoms with Gasteiger partial charge < -0.3 is 21.3 Å². The van der Waals surface area contributed by atoms with E-state index in [0.717, 1.165) is 12.8 Å². The fraction of sp³-hybridized carbons (Fsp3) is 0.545. The summed E-state index contributed by atoms with van der Waals surface area (Å²) in [6.45, 7) is -0.00192. The summed E-state index contributed by atoms with van der Waals surface area (Å²) in [6, 6.07) is 0.456. The summed E-state index contributed by atoms with van der Waals surface area (Å²) in [4.78, 5) is 29.2. The van der Waals surface area contributed by atoms with Gasteiger partial charge in [-0.25, -0.2) is 4.98 Å². The maximum absolute atomic E-state index is 12.1. The Labute approximate surface area is 115 Å². The molecule has 0 atom stereocenters. The Morgan fingerprint density at radius 3 is 2.79 bits per heavy atom. The van der Waals surface area contributed by atoms with Gasteiger partial charge in [0.2, 0.25) is 5.91 Å². The molecule has 8 heteroatoms. The fourth-order valence-corrected chi connectivity index (χ4v) is 2.45. The number of anilines is 2. The SMILES string of the molecule is CNC(=O)CN(C)C(=O)c1sc(NC2CC2)nc1N. The molecule has 1 heterocycles. The first-order valence-electron chi connectivity index (χ1n) is 6.00. The summed E-state index contributed by atoms with van der Waals surface area (Å²) in [5.41, 5.74) is 5.75. The minimum Gasteiger partial charge on any atom is -0.382 e. The number of thiazole rings is 1. The molecule has 2 amide bonds. The number of carbonyl (C=O) groups excluding carboxylic acids is 2. The van der Waals surface area contributed by atoms with Gasteiger partial charge in [-0.3, -0.25) is 9.59 Å². The number of carbonyl (C=O) groups is 2. The third kappa shape index (κ3) is 3.34. The number of amides is 2. The van der Waals surface area contributed by atoms with E-state index in [-0.39, 0.29) is 24.2 Å². The molecule has 0 radical (unpaired) electrons. The highest BCUT2D eigenvalue weighted by atomic mass is 32.1. The average molecular weight is 283 g/mol. The predicted octanol–water partition coefficient (Wildman–Crippen LogP) is 0.118. The minimum absolute atomic E-state index is 0.00192. The number of nitrogens with zero attached hydrogens (tertiary/aromatic N) is 2. The topological polar surface area (TPSA) is 100 Å². The Morgan fingerprint density at radius 1 is 1.53 bits per heavy atom. The molecule has 0 saturated heterocycles. The zero-order valence-electron chi connectivity index (χ0n) is 10.9. The van der Waals surface area contributed by atoms with Gasteiger partial charge in [-0.2, -0.15) is 0 Å². The normalized spacial score (nSPS) is 14.0. The lowest BCUT2D eigenvalue weighted by atomic mass is 10.4. The second kappa shape index (κ2) is 5.43. The van der Waals surface area contributed by atoms with Crippen molar-refractivity contribution in [3.63, 3.8) is 0 Å². The van der Waals surface area contributed by atoms with E-state index in [9.17, 15) is 9.59 Å². The molecule has 1 aliphatic rings. The summed E-state index contributed by atoms with van der Waals surface area (Å²) < 4.78 is 0. The monoisotopic (exact) mass is 283 g/mol. The molecule has 1 aromatic heterocycles. The van der Waals surface area contributed by atoms with Crippen LogP contribution in [0.4, 0.5) is 10.9 Å². The zero-order valence-corrected chi connectivity index (χ0v) is 11.7. The molecule has 19 heavy (non-hydrogen) atoms. The Hall–Kier alpha value is -1.83. The summed E-state index contributed by atoms with van der Waals surface area (Å²) in [6.07, 6.45) is 2.25. The molecule has 1 saturated carbocycles. The van der Waals surface area contributed by atoms with Crippen molar-refractivity contribution in [1.82, 2.24) is 15.2 Å². The predicted molar refractivity (Wildman–Crippen MR) is 74.2 cm³/mol. The first-order chi connectivity index (χ1) is 9.01. The Bertz CT molecular complexity index is 497. The van der Waals surface area contributed by atoms with Crippen LogP contribution in [0.5, 0.6) is 0 Å². The van der Waals surface area contributed by atoms with Gasteiger partial charge in [0.1, 0.15) is 10.7 Å². The van der Waals surface area contributed by atoms with Crippen LogP contribution in [-0.2, 0) is 4.79 Å². The lowest BCUT2D eigenvalue weighted by molar-refractivity contribution is -0.121. The summed E-state index contributed by atoms with van der Waals surface area (Å²) in [7, 11) is 3.09.